The zero-order valence-electron chi connectivity index (χ0n) is 8.88. The largest absolute Gasteiger partial charge is 0.384 e. The van der Waals surface area contributed by atoms with Crippen LogP contribution in [0.1, 0.15) is 22.8 Å². The number of aliphatic hydroxyl groups is 1. The fourth-order valence-corrected chi connectivity index (χ4v) is 2.93. The molecule has 1 unspecified atom stereocenters. The Morgan fingerprint density at radius 2 is 1.94 bits per heavy atom. The average molecular weight is 366 g/mol. The first-order chi connectivity index (χ1) is 7.99. The van der Waals surface area contributed by atoms with Gasteiger partial charge in [0.2, 0.25) is 0 Å². The molecule has 0 amide bonds. The second-order valence-corrected chi connectivity index (χ2v) is 6.52. The molecule has 0 radical (unpaired) electrons. The fraction of sp³-hybridized carbons (Fsp3) is 0.167. The highest BCUT2D eigenvalue weighted by Gasteiger charge is 2.18. The molecule has 1 aromatic carbocycles. The third-order valence-corrected chi connectivity index (χ3v) is 4.28. The van der Waals surface area contributed by atoms with Crippen LogP contribution in [-0.2, 0) is 0 Å². The standard InChI is InChI=1S/C12H9F2IOS/c1-6-2-8(10(14)4-9(6)13)12(16)7-3-11(15)17-5-7/h2-5,12,16H,1H3. The van der Waals surface area contributed by atoms with Crippen LogP contribution in [0.2, 0.25) is 0 Å². The lowest BCUT2D eigenvalue weighted by Gasteiger charge is -2.11. The zero-order chi connectivity index (χ0) is 12.6. The molecular formula is C12H9F2IOS. The third-order valence-electron chi connectivity index (χ3n) is 2.48. The van der Waals surface area contributed by atoms with Crippen molar-refractivity contribution in [3.63, 3.8) is 0 Å². The van der Waals surface area contributed by atoms with Gasteiger partial charge in [-0.3, -0.25) is 0 Å². The molecule has 0 spiro atoms. The highest BCUT2D eigenvalue weighted by atomic mass is 127. The molecule has 0 aliphatic rings. The maximum atomic E-state index is 13.6. The molecule has 0 aliphatic heterocycles. The number of aliphatic hydroxyl groups excluding tert-OH is 1. The number of benzene rings is 1. The Morgan fingerprint density at radius 1 is 1.24 bits per heavy atom. The molecule has 1 nitrogen and oxygen atoms in total. The number of rotatable bonds is 2. The summed E-state index contributed by atoms with van der Waals surface area (Å²) in [7, 11) is 0. The first-order valence-electron chi connectivity index (χ1n) is 4.86. The predicted molar refractivity (Wildman–Crippen MR) is 72.2 cm³/mol. The molecule has 2 aromatic rings. The van der Waals surface area contributed by atoms with Gasteiger partial charge in [-0.25, -0.2) is 8.78 Å². The van der Waals surface area contributed by atoms with Crippen LogP contribution in [-0.4, -0.2) is 5.11 Å². The van der Waals surface area contributed by atoms with E-state index in [0.29, 0.717) is 11.1 Å². The van der Waals surface area contributed by atoms with Crippen molar-refractivity contribution in [1.82, 2.24) is 0 Å². The monoisotopic (exact) mass is 366 g/mol. The minimum absolute atomic E-state index is 0.109. The molecule has 1 atom stereocenters. The van der Waals surface area contributed by atoms with E-state index in [2.05, 4.69) is 22.6 Å². The normalized spacial score (nSPS) is 12.8. The Morgan fingerprint density at radius 3 is 2.53 bits per heavy atom. The minimum Gasteiger partial charge on any atom is -0.384 e. The predicted octanol–water partition coefficient (Wildman–Crippen LogP) is 4.02. The Bertz CT molecular complexity index is 553. The van der Waals surface area contributed by atoms with Gasteiger partial charge >= 0.3 is 0 Å². The molecule has 1 N–H and O–H groups in total. The Hall–Kier alpha value is -0.530. The second-order valence-electron chi connectivity index (χ2n) is 3.71. The first-order valence-corrected chi connectivity index (χ1v) is 6.82. The highest BCUT2D eigenvalue weighted by molar-refractivity contribution is 14.1. The fourth-order valence-electron chi connectivity index (χ4n) is 1.54. The van der Waals surface area contributed by atoms with E-state index < -0.39 is 17.7 Å². The number of halogens is 3. The van der Waals surface area contributed by atoms with Gasteiger partial charge in [0.25, 0.3) is 0 Å². The number of hydrogen-bond acceptors (Lipinski definition) is 2. The summed E-state index contributed by atoms with van der Waals surface area (Å²) in [6, 6.07) is 3.94. The smallest absolute Gasteiger partial charge is 0.132 e. The van der Waals surface area contributed by atoms with Gasteiger partial charge in [-0.2, -0.15) is 0 Å². The SMILES string of the molecule is Cc1cc(C(O)c2csc(I)c2)c(F)cc1F. The summed E-state index contributed by atoms with van der Waals surface area (Å²) in [6.45, 7) is 1.54. The van der Waals surface area contributed by atoms with Gasteiger partial charge in [-0.05, 0) is 58.2 Å². The van der Waals surface area contributed by atoms with Crippen molar-refractivity contribution in [2.75, 3.05) is 0 Å². The van der Waals surface area contributed by atoms with Gasteiger partial charge in [0.05, 0.1) is 2.88 Å². The number of hydrogen-bond donors (Lipinski definition) is 1. The van der Waals surface area contributed by atoms with Gasteiger partial charge in [-0.1, -0.05) is 0 Å². The third kappa shape index (κ3) is 2.66. The molecule has 0 saturated carbocycles. The molecule has 90 valence electrons. The second kappa shape index (κ2) is 4.99. The summed E-state index contributed by atoms with van der Waals surface area (Å²) in [4.78, 5) is 0. The maximum absolute atomic E-state index is 13.6. The summed E-state index contributed by atoms with van der Waals surface area (Å²) in [6.07, 6.45) is -1.05. The first kappa shape index (κ1) is 12.9. The molecule has 0 bridgehead atoms. The molecule has 1 heterocycles. The molecule has 2 rings (SSSR count). The Labute approximate surface area is 115 Å². The lowest BCUT2D eigenvalue weighted by Crippen LogP contribution is -2.03. The molecule has 17 heavy (non-hydrogen) atoms. The van der Waals surface area contributed by atoms with Gasteiger partial charge in [0.1, 0.15) is 17.7 Å². The maximum Gasteiger partial charge on any atom is 0.132 e. The van der Waals surface area contributed by atoms with E-state index in [1.54, 1.807) is 18.4 Å². The van der Waals surface area contributed by atoms with Gasteiger partial charge in [-0.15, -0.1) is 11.3 Å². The van der Waals surface area contributed by atoms with Crippen LogP contribution in [0.15, 0.2) is 23.6 Å². The van der Waals surface area contributed by atoms with Crippen LogP contribution in [0.4, 0.5) is 8.78 Å². The van der Waals surface area contributed by atoms with Crippen molar-refractivity contribution < 1.29 is 13.9 Å². The van der Waals surface area contributed by atoms with Crippen molar-refractivity contribution in [1.29, 1.82) is 0 Å². The van der Waals surface area contributed by atoms with Gasteiger partial charge in [0, 0.05) is 11.6 Å². The summed E-state index contributed by atoms with van der Waals surface area (Å²) in [5.41, 5.74) is 1.06. The summed E-state index contributed by atoms with van der Waals surface area (Å²) < 4.78 is 27.7. The van der Waals surface area contributed by atoms with E-state index in [1.807, 2.05) is 0 Å². The van der Waals surface area contributed by atoms with Crippen molar-refractivity contribution >= 4 is 33.9 Å². The van der Waals surface area contributed by atoms with Crippen LogP contribution in [0, 0.1) is 21.4 Å². The van der Waals surface area contributed by atoms with E-state index in [0.717, 1.165) is 8.95 Å². The molecule has 5 heteroatoms. The van der Waals surface area contributed by atoms with Crippen molar-refractivity contribution in [2.24, 2.45) is 0 Å². The number of aryl methyl sites for hydroxylation is 1. The molecule has 0 aliphatic carbocycles. The summed E-state index contributed by atoms with van der Waals surface area (Å²) in [5.74, 6) is -1.32. The Kier molecular flexibility index (Phi) is 3.79. The average Bonchev–Trinajstić information content (AvgIpc) is 2.69. The summed E-state index contributed by atoms with van der Waals surface area (Å²) in [5, 5.41) is 11.8. The van der Waals surface area contributed by atoms with Crippen molar-refractivity contribution in [3.05, 3.63) is 54.8 Å². The quantitative estimate of drug-likeness (QED) is 0.797. The number of thiophene rings is 1. The van der Waals surface area contributed by atoms with E-state index in [4.69, 9.17) is 0 Å². The van der Waals surface area contributed by atoms with Crippen molar-refractivity contribution in [2.45, 2.75) is 13.0 Å². The lowest BCUT2D eigenvalue weighted by atomic mass is 10.0. The topological polar surface area (TPSA) is 20.2 Å². The minimum atomic E-state index is -1.05. The molecule has 0 saturated heterocycles. The van der Waals surface area contributed by atoms with E-state index in [-0.39, 0.29) is 5.56 Å². The molecular weight excluding hydrogens is 357 g/mol. The summed E-state index contributed by atoms with van der Waals surface area (Å²) >= 11 is 3.60. The van der Waals surface area contributed by atoms with Gasteiger partial charge in [0.15, 0.2) is 0 Å². The van der Waals surface area contributed by atoms with E-state index >= 15 is 0 Å². The van der Waals surface area contributed by atoms with Crippen LogP contribution < -0.4 is 0 Å². The van der Waals surface area contributed by atoms with Crippen LogP contribution in [0.5, 0.6) is 0 Å². The van der Waals surface area contributed by atoms with Crippen LogP contribution >= 0.6 is 33.9 Å². The highest BCUT2D eigenvalue weighted by Crippen LogP contribution is 2.29. The van der Waals surface area contributed by atoms with Gasteiger partial charge < -0.3 is 5.11 Å². The lowest BCUT2D eigenvalue weighted by molar-refractivity contribution is 0.215. The molecule has 0 fully saturated rings. The van der Waals surface area contributed by atoms with E-state index in [9.17, 15) is 13.9 Å². The Balaban J connectivity index is 2.43. The van der Waals surface area contributed by atoms with E-state index in [1.165, 1.54) is 17.4 Å². The zero-order valence-corrected chi connectivity index (χ0v) is 11.9. The van der Waals surface area contributed by atoms with Crippen LogP contribution in [0.25, 0.3) is 0 Å². The van der Waals surface area contributed by atoms with Crippen molar-refractivity contribution in [3.8, 4) is 0 Å². The van der Waals surface area contributed by atoms with Crippen LogP contribution in [0.3, 0.4) is 0 Å². The molecule has 1 aromatic heterocycles.